The van der Waals surface area contributed by atoms with Crippen LogP contribution in [0.5, 0.6) is 5.75 Å². The number of nitrogens with zero attached hydrogens (tertiary/aromatic N) is 1. The lowest BCUT2D eigenvalue weighted by Crippen LogP contribution is -2.39. The summed E-state index contributed by atoms with van der Waals surface area (Å²) in [4.78, 5) is 2.48. The fourth-order valence-electron chi connectivity index (χ4n) is 2.42. The Balaban J connectivity index is 1.91. The number of rotatable bonds is 6. The molecular weight excluding hydrogens is 248 g/mol. The van der Waals surface area contributed by atoms with Crippen LogP contribution >= 0.6 is 11.6 Å². The van der Waals surface area contributed by atoms with Crippen molar-refractivity contribution in [3.63, 3.8) is 0 Å². The van der Waals surface area contributed by atoms with E-state index in [-0.39, 0.29) is 0 Å². The third-order valence-corrected chi connectivity index (χ3v) is 3.74. The van der Waals surface area contributed by atoms with E-state index in [0.717, 1.165) is 25.3 Å². The van der Waals surface area contributed by atoms with Gasteiger partial charge in [0.05, 0.1) is 5.02 Å². The fraction of sp³-hybridized carbons (Fsp3) is 0.571. The molecule has 1 aromatic rings. The van der Waals surface area contributed by atoms with Crippen molar-refractivity contribution in [3.8, 4) is 5.75 Å². The van der Waals surface area contributed by atoms with Gasteiger partial charge >= 0.3 is 0 Å². The SMILES string of the molecule is NCCC(COc1ccccc1Cl)N1CCCC1. The van der Waals surface area contributed by atoms with E-state index in [1.54, 1.807) is 0 Å². The zero-order chi connectivity index (χ0) is 12.8. The molecule has 0 saturated carbocycles. The lowest BCUT2D eigenvalue weighted by Gasteiger charge is -2.27. The maximum Gasteiger partial charge on any atom is 0.137 e. The van der Waals surface area contributed by atoms with E-state index in [4.69, 9.17) is 22.1 Å². The van der Waals surface area contributed by atoms with E-state index < -0.39 is 0 Å². The highest BCUT2D eigenvalue weighted by atomic mass is 35.5. The van der Waals surface area contributed by atoms with Crippen molar-refractivity contribution >= 4 is 11.6 Å². The molecule has 4 heteroatoms. The van der Waals surface area contributed by atoms with Gasteiger partial charge in [0, 0.05) is 6.04 Å². The summed E-state index contributed by atoms with van der Waals surface area (Å²) in [7, 11) is 0. The average Bonchev–Trinajstić information content (AvgIpc) is 2.90. The molecule has 0 bridgehead atoms. The van der Waals surface area contributed by atoms with Crippen LogP contribution in [-0.2, 0) is 0 Å². The number of likely N-dealkylation sites (tertiary alicyclic amines) is 1. The van der Waals surface area contributed by atoms with Crippen LogP contribution in [0, 0.1) is 0 Å². The van der Waals surface area contributed by atoms with Gasteiger partial charge in [-0.2, -0.15) is 0 Å². The zero-order valence-corrected chi connectivity index (χ0v) is 11.4. The Hall–Kier alpha value is -0.770. The first-order valence-electron chi connectivity index (χ1n) is 6.62. The summed E-state index contributed by atoms with van der Waals surface area (Å²) in [5.41, 5.74) is 5.69. The molecule has 0 aromatic heterocycles. The van der Waals surface area contributed by atoms with Gasteiger partial charge in [0.2, 0.25) is 0 Å². The maximum atomic E-state index is 6.08. The molecule has 1 unspecified atom stereocenters. The monoisotopic (exact) mass is 268 g/mol. The van der Waals surface area contributed by atoms with Crippen molar-refractivity contribution in [2.75, 3.05) is 26.2 Å². The number of halogens is 1. The fourth-order valence-corrected chi connectivity index (χ4v) is 2.61. The van der Waals surface area contributed by atoms with Crippen molar-refractivity contribution in [2.45, 2.75) is 25.3 Å². The second-order valence-electron chi connectivity index (χ2n) is 4.72. The van der Waals surface area contributed by atoms with Crippen LogP contribution in [0.4, 0.5) is 0 Å². The van der Waals surface area contributed by atoms with Gasteiger partial charge in [-0.1, -0.05) is 23.7 Å². The number of nitrogens with two attached hydrogens (primary N) is 1. The van der Waals surface area contributed by atoms with E-state index in [1.165, 1.54) is 12.8 Å². The Morgan fingerprint density at radius 2 is 2.00 bits per heavy atom. The molecule has 0 spiro atoms. The molecule has 1 heterocycles. The Morgan fingerprint density at radius 3 is 2.67 bits per heavy atom. The molecule has 0 amide bonds. The molecule has 0 radical (unpaired) electrons. The molecule has 2 rings (SSSR count). The molecular formula is C14H21ClN2O. The second-order valence-corrected chi connectivity index (χ2v) is 5.12. The van der Waals surface area contributed by atoms with Crippen LogP contribution in [0.3, 0.4) is 0 Å². The van der Waals surface area contributed by atoms with E-state index >= 15 is 0 Å². The Morgan fingerprint density at radius 1 is 1.28 bits per heavy atom. The van der Waals surface area contributed by atoms with Gasteiger partial charge in [0.15, 0.2) is 0 Å². The highest BCUT2D eigenvalue weighted by Gasteiger charge is 2.22. The first-order chi connectivity index (χ1) is 8.81. The van der Waals surface area contributed by atoms with E-state index in [2.05, 4.69) is 4.90 Å². The lowest BCUT2D eigenvalue weighted by molar-refractivity contribution is 0.154. The Kier molecular flexibility index (Phi) is 5.29. The van der Waals surface area contributed by atoms with Crippen molar-refractivity contribution in [1.82, 2.24) is 4.90 Å². The van der Waals surface area contributed by atoms with Gasteiger partial charge in [0.25, 0.3) is 0 Å². The molecule has 1 fully saturated rings. The molecule has 1 aliphatic rings. The molecule has 1 aliphatic heterocycles. The molecule has 1 aromatic carbocycles. The van der Waals surface area contributed by atoms with E-state index in [1.807, 2.05) is 24.3 Å². The summed E-state index contributed by atoms with van der Waals surface area (Å²) >= 11 is 6.08. The van der Waals surface area contributed by atoms with Gasteiger partial charge < -0.3 is 10.5 Å². The van der Waals surface area contributed by atoms with Crippen LogP contribution in [0.1, 0.15) is 19.3 Å². The third-order valence-electron chi connectivity index (χ3n) is 3.42. The minimum atomic E-state index is 0.411. The van der Waals surface area contributed by atoms with Crippen molar-refractivity contribution in [2.24, 2.45) is 5.73 Å². The molecule has 1 saturated heterocycles. The van der Waals surface area contributed by atoms with E-state index in [9.17, 15) is 0 Å². The van der Waals surface area contributed by atoms with Crippen LogP contribution in [0.2, 0.25) is 5.02 Å². The number of hydrogen-bond acceptors (Lipinski definition) is 3. The largest absolute Gasteiger partial charge is 0.490 e. The summed E-state index contributed by atoms with van der Waals surface area (Å²) in [5.74, 6) is 0.764. The minimum Gasteiger partial charge on any atom is -0.490 e. The predicted molar refractivity (Wildman–Crippen MR) is 75.2 cm³/mol. The summed E-state index contributed by atoms with van der Waals surface area (Å²) in [6, 6.07) is 8.02. The third kappa shape index (κ3) is 3.61. The molecule has 2 N–H and O–H groups in total. The van der Waals surface area contributed by atoms with Crippen LogP contribution in [-0.4, -0.2) is 37.2 Å². The highest BCUT2D eigenvalue weighted by Crippen LogP contribution is 2.24. The molecule has 18 heavy (non-hydrogen) atoms. The second kappa shape index (κ2) is 6.98. The Labute approximate surface area is 114 Å². The number of ether oxygens (including phenoxy) is 1. The summed E-state index contributed by atoms with van der Waals surface area (Å²) in [5, 5.41) is 0.672. The number of para-hydroxylation sites is 1. The summed E-state index contributed by atoms with van der Waals surface area (Å²) in [6.07, 6.45) is 3.55. The number of benzene rings is 1. The molecule has 3 nitrogen and oxygen atoms in total. The van der Waals surface area contributed by atoms with Crippen molar-refractivity contribution in [1.29, 1.82) is 0 Å². The smallest absolute Gasteiger partial charge is 0.137 e. The lowest BCUT2D eigenvalue weighted by atomic mass is 10.2. The normalized spacial score (nSPS) is 17.9. The topological polar surface area (TPSA) is 38.5 Å². The first kappa shape index (κ1) is 13.7. The highest BCUT2D eigenvalue weighted by molar-refractivity contribution is 6.32. The standard InChI is InChI=1S/C14H21ClN2O/c15-13-5-1-2-6-14(13)18-11-12(7-8-16)17-9-3-4-10-17/h1-2,5-6,12H,3-4,7-11,16H2. The van der Waals surface area contributed by atoms with Gasteiger partial charge in [-0.15, -0.1) is 0 Å². The summed E-state index contributed by atoms with van der Waals surface area (Å²) in [6.45, 7) is 3.70. The van der Waals surface area contributed by atoms with Crippen molar-refractivity contribution in [3.05, 3.63) is 29.3 Å². The van der Waals surface area contributed by atoms with Crippen molar-refractivity contribution < 1.29 is 4.74 Å². The molecule has 100 valence electrons. The van der Waals surface area contributed by atoms with Crippen LogP contribution in [0.15, 0.2) is 24.3 Å². The predicted octanol–water partition coefficient (Wildman–Crippen LogP) is 2.53. The quantitative estimate of drug-likeness (QED) is 0.862. The van der Waals surface area contributed by atoms with Gasteiger partial charge in [-0.25, -0.2) is 0 Å². The molecule has 1 atom stereocenters. The van der Waals surface area contributed by atoms with Gasteiger partial charge in [-0.3, -0.25) is 4.90 Å². The minimum absolute atomic E-state index is 0.411. The maximum absolute atomic E-state index is 6.08. The van der Waals surface area contributed by atoms with E-state index in [0.29, 0.717) is 24.2 Å². The molecule has 0 aliphatic carbocycles. The average molecular weight is 269 g/mol. The van der Waals surface area contributed by atoms with Gasteiger partial charge in [-0.05, 0) is 51.0 Å². The zero-order valence-electron chi connectivity index (χ0n) is 10.6. The van der Waals surface area contributed by atoms with Gasteiger partial charge in [0.1, 0.15) is 12.4 Å². The Bertz CT molecular complexity index is 367. The van der Waals surface area contributed by atoms with Crippen LogP contribution < -0.4 is 10.5 Å². The van der Waals surface area contributed by atoms with Crippen LogP contribution in [0.25, 0.3) is 0 Å². The number of hydrogen-bond donors (Lipinski definition) is 1. The first-order valence-corrected chi connectivity index (χ1v) is 7.00. The summed E-state index contributed by atoms with van der Waals surface area (Å²) < 4.78 is 5.83.